The molecule has 0 aliphatic rings. The Morgan fingerprint density at radius 3 is 2.70 bits per heavy atom. The van der Waals surface area contributed by atoms with Crippen LogP contribution in [0.4, 0.5) is 0 Å². The first-order valence-corrected chi connectivity index (χ1v) is 3.41. The Labute approximate surface area is 61.9 Å². The number of rotatable bonds is 3. The number of methoxy groups -OCH3 is 1. The van der Waals surface area contributed by atoms with E-state index in [0.29, 0.717) is 0 Å². The highest BCUT2D eigenvalue weighted by Gasteiger charge is 2.09. The van der Waals surface area contributed by atoms with Crippen LogP contribution in [0, 0.1) is 5.92 Å². The van der Waals surface area contributed by atoms with Crippen LogP contribution in [-0.2, 0) is 9.53 Å². The van der Waals surface area contributed by atoms with Crippen molar-refractivity contribution < 1.29 is 9.53 Å². The summed E-state index contributed by atoms with van der Waals surface area (Å²) in [6, 6.07) is 0. The molecule has 0 aromatic rings. The molecule has 0 rings (SSSR count). The summed E-state index contributed by atoms with van der Waals surface area (Å²) in [5.41, 5.74) is 0. The first-order valence-electron chi connectivity index (χ1n) is 3.41. The Balaban J connectivity index is 3.61. The van der Waals surface area contributed by atoms with Crippen LogP contribution >= 0.6 is 0 Å². The third kappa shape index (κ3) is 3.28. The lowest BCUT2D eigenvalue weighted by Crippen LogP contribution is -2.11. The predicted molar refractivity (Wildman–Crippen MR) is 40.6 cm³/mol. The Kier molecular flexibility index (Phi) is 4.63. The summed E-state index contributed by atoms with van der Waals surface area (Å²) < 4.78 is 4.54. The van der Waals surface area contributed by atoms with Crippen LogP contribution in [0.2, 0.25) is 0 Å². The van der Waals surface area contributed by atoms with Crippen LogP contribution < -0.4 is 0 Å². The Bertz CT molecular complexity index is 127. The zero-order valence-electron chi connectivity index (χ0n) is 6.76. The second kappa shape index (κ2) is 5.03. The van der Waals surface area contributed by atoms with E-state index in [9.17, 15) is 4.79 Å². The zero-order valence-corrected chi connectivity index (χ0v) is 6.76. The van der Waals surface area contributed by atoms with Crippen molar-refractivity contribution in [3.8, 4) is 0 Å². The van der Waals surface area contributed by atoms with Crippen molar-refractivity contribution in [1.82, 2.24) is 0 Å². The SMILES string of the molecule is C/C=C\CC(C)C(=O)OC. The van der Waals surface area contributed by atoms with Crippen LogP contribution in [0.25, 0.3) is 0 Å². The van der Waals surface area contributed by atoms with Crippen molar-refractivity contribution in [3.63, 3.8) is 0 Å². The van der Waals surface area contributed by atoms with Gasteiger partial charge in [0, 0.05) is 0 Å². The lowest BCUT2D eigenvalue weighted by molar-refractivity contribution is -0.144. The molecule has 2 nitrogen and oxygen atoms in total. The van der Waals surface area contributed by atoms with Gasteiger partial charge >= 0.3 is 5.97 Å². The van der Waals surface area contributed by atoms with Crippen molar-refractivity contribution in [1.29, 1.82) is 0 Å². The van der Waals surface area contributed by atoms with E-state index in [1.807, 2.05) is 26.0 Å². The van der Waals surface area contributed by atoms with E-state index >= 15 is 0 Å². The zero-order chi connectivity index (χ0) is 7.98. The lowest BCUT2D eigenvalue weighted by Gasteiger charge is -2.03. The van der Waals surface area contributed by atoms with E-state index in [1.54, 1.807) is 0 Å². The summed E-state index contributed by atoms with van der Waals surface area (Å²) in [6.07, 6.45) is 4.66. The van der Waals surface area contributed by atoms with Gasteiger partial charge in [0.1, 0.15) is 0 Å². The highest BCUT2D eigenvalue weighted by atomic mass is 16.5. The first-order chi connectivity index (χ1) is 4.72. The molecule has 0 bridgehead atoms. The van der Waals surface area contributed by atoms with Gasteiger partial charge < -0.3 is 4.74 Å². The van der Waals surface area contributed by atoms with Crippen LogP contribution in [0.15, 0.2) is 12.2 Å². The second-order valence-electron chi connectivity index (χ2n) is 2.23. The fourth-order valence-electron chi connectivity index (χ4n) is 0.638. The van der Waals surface area contributed by atoms with Crippen LogP contribution in [0.5, 0.6) is 0 Å². The van der Waals surface area contributed by atoms with E-state index in [-0.39, 0.29) is 11.9 Å². The van der Waals surface area contributed by atoms with Gasteiger partial charge in [-0.15, -0.1) is 0 Å². The number of carbonyl (C=O) groups excluding carboxylic acids is 1. The molecule has 0 spiro atoms. The maximum atomic E-state index is 10.8. The quantitative estimate of drug-likeness (QED) is 0.443. The van der Waals surface area contributed by atoms with Gasteiger partial charge in [-0.1, -0.05) is 19.1 Å². The second-order valence-corrected chi connectivity index (χ2v) is 2.23. The molecule has 0 amide bonds. The summed E-state index contributed by atoms with van der Waals surface area (Å²) in [7, 11) is 1.41. The maximum Gasteiger partial charge on any atom is 0.308 e. The third-order valence-electron chi connectivity index (χ3n) is 1.33. The monoisotopic (exact) mass is 142 g/mol. The summed E-state index contributed by atoms with van der Waals surface area (Å²) >= 11 is 0. The summed E-state index contributed by atoms with van der Waals surface area (Å²) in [4.78, 5) is 10.8. The molecule has 0 aliphatic carbocycles. The largest absolute Gasteiger partial charge is 0.469 e. The summed E-state index contributed by atoms with van der Waals surface area (Å²) in [6.45, 7) is 3.79. The Morgan fingerprint density at radius 2 is 2.30 bits per heavy atom. The molecular formula is C8H14O2. The third-order valence-corrected chi connectivity index (χ3v) is 1.33. The minimum Gasteiger partial charge on any atom is -0.469 e. The Morgan fingerprint density at radius 1 is 1.70 bits per heavy atom. The number of ether oxygens (including phenoxy) is 1. The molecule has 0 fully saturated rings. The summed E-state index contributed by atoms with van der Waals surface area (Å²) in [5.74, 6) is -0.153. The van der Waals surface area contributed by atoms with Crippen molar-refractivity contribution >= 4 is 5.97 Å². The Hall–Kier alpha value is -0.790. The normalized spacial score (nSPS) is 13.5. The molecule has 58 valence electrons. The summed E-state index contributed by atoms with van der Waals surface area (Å²) in [5, 5.41) is 0. The van der Waals surface area contributed by atoms with Crippen molar-refractivity contribution in [3.05, 3.63) is 12.2 Å². The molecule has 0 saturated carbocycles. The highest BCUT2D eigenvalue weighted by Crippen LogP contribution is 2.03. The van der Waals surface area contributed by atoms with Gasteiger partial charge in [-0.25, -0.2) is 0 Å². The highest BCUT2D eigenvalue weighted by molar-refractivity contribution is 5.71. The molecule has 0 heterocycles. The minimum atomic E-state index is -0.141. The van der Waals surface area contributed by atoms with Gasteiger partial charge in [0.15, 0.2) is 0 Å². The van der Waals surface area contributed by atoms with Crippen LogP contribution in [0.3, 0.4) is 0 Å². The van der Waals surface area contributed by atoms with Crippen molar-refractivity contribution in [2.24, 2.45) is 5.92 Å². The molecule has 0 aromatic carbocycles. The van der Waals surface area contributed by atoms with E-state index in [0.717, 1.165) is 6.42 Å². The van der Waals surface area contributed by atoms with Crippen LogP contribution in [-0.4, -0.2) is 13.1 Å². The molecule has 10 heavy (non-hydrogen) atoms. The molecule has 1 atom stereocenters. The molecule has 0 N–H and O–H groups in total. The number of hydrogen-bond acceptors (Lipinski definition) is 2. The fourth-order valence-corrected chi connectivity index (χ4v) is 0.638. The van der Waals surface area contributed by atoms with E-state index in [2.05, 4.69) is 4.74 Å². The van der Waals surface area contributed by atoms with Gasteiger partial charge in [-0.2, -0.15) is 0 Å². The average molecular weight is 142 g/mol. The van der Waals surface area contributed by atoms with Crippen molar-refractivity contribution in [2.45, 2.75) is 20.3 Å². The molecule has 1 unspecified atom stereocenters. The van der Waals surface area contributed by atoms with Gasteiger partial charge in [0.25, 0.3) is 0 Å². The molecule has 0 radical (unpaired) electrons. The molecule has 0 aliphatic heterocycles. The van der Waals surface area contributed by atoms with E-state index < -0.39 is 0 Å². The molecular weight excluding hydrogens is 128 g/mol. The maximum absolute atomic E-state index is 10.8. The fraction of sp³-hybridized carbons (Fsp3) is 0.625. The molecule has 2 heteroatoms. The van der Waals surface area contributed by atoms with Crippen molar-refractivity contribution in [2.75, 3.05) is 7.11 Å². The average Bonchev–Trinajstić information content (AvgIpc) is 1.98. The smallest absolute Gasteiger partial charge is 0.308 e. The van der Waals surface area contributed by atoms with Gasteiger partial charge in [-0.3, -0.25) is 4.79 Å². The number of allylic oxidation sites excluding steroid dienone is 2. The van der Waals surface area contributed by atoms with Gasteiger partial charge in [-0.05, 0) is 13.3 Å². The number of carbonyl (C=O) groups is 1. The molecule has 0 saturated heterocycles. The van der Waals surface area contributed by atoms with Crippen LogP contribution in [0.1, 0.15) is 20.3 Å². The lowest BCUT2D eigenvalue weighted by atomic mass is 10.1. The predicted octanol–water partition coefficient (Wildman–Crippen LogP) is 1.76. The van der Waals surface area contributed by atoms with E-state index in [1.165, 1.54) is 7.11 Å². The standard InChI is InChI=1S/C8H14O2/c1-4-5-6-7(2)8(9)10-3/h4-5,7H,6H2,1-3H3/b5-4-. The van der Waals surface area contributed by atoms with Gasteiger partial charge in [0.05, 0.1) is 13.0 Å². The minimum absolute atomic E-state index is 0.0128. The molecule has 0 aromatic heterocycles. The van der Waals surface area contributed by atoms with Gasteiger partial charge in [0.2, 0.25) is 0 Å². The topological polar surface area (TPSA) is 26.3 Å². The van der Waals surface area contributed by atoms with E-state index in [4.69, 9.17) is 0 Å². The first kappa shape index (κ1) is 9.21. The number of hydrogen-bond donors (Lipinski definition) is 0. The number of esters is 1.